The Hall–Kier alpha value is -1.35. The van der Waals surface area contributed by atoms with Crippen LogP contribution in [0.1, 0.15) is 37.9 Å². The van der Waals surface area contributed by atoms with E-state index in [0.29, 0.717) is 12.1 Å². The van der Waals surface area contributed by atoms with Gasteiger partial charge >= 0.3 is 0 Å². The van der Waals surface area contributed by atoms with Crippen LogP contribution in [0.3, 0.4) is 0 Å². The maximum atomic E-state index is 4.77. The van der Waals surface area contributed by atoms with Crippen molar-refractivity contribution < 1.29 is 0 Å². The number of rotatable bonds is 3. The molecule has 1 fully saturated rings. The normalized spacial score (nSPS) is 20.7. The summed E-state index contributed by atoms with van der Waals surface area (Å²) in [5.41, 5.74) is 3.57. The van der Waals surface area contributed by atoms with Gasteiger partial charge in [0.15, 0.2) is 0 Å². The smallest absolute Gasteiger partial charge is 0.137 e. The van der Waals surface area contributed by atoms with Crippen molar-refractivity contribution >= 4 is 5.65 Å². The lowest BCUT2D eigenvalue weighted by atomic mass is 10.1. The molecule has 2 aromatic heterocycles. The lowest BCUT2D eigenvalue weighted by Gasteiger charge is -2.27. The molecule has 0 saturated carbocycles. The van der Waals surface area contributed by atoms with Crippen molar-refractivity contribution in [2.24, 2.45) is 0 Å². The number of pyridine rings is 1. The molecular formula is C16H23N3. The first-order valence-electron chi connectivity index (χ1n) is 7.33. The van der Waals surface area contributed by atoms with Gasteiger partial charge in [-0.15, -0.1) is 0 Å². The highest BCUT2D eigenvalue weighted by Crippen LogP contribution is 2.23. The first kappa shape index (κ1) is 12.7. The second-order valence-corrected chi connectivity index (χ2v) is 6.03. The quantitative estimate of drug-likeness (QED) is 0.842. The van der Waals surface area contributed by atoms with E-state index in [0.717, 1.165) is 12.1 Å². The molecule has 0 radical (unpaired) electrons. The predicted molar refractivity (Wildman–Crippen MR) is 78.5 cm³/mol. The van der Waals surface area contributed by atoms with Crippen LogP contribution < -0.4 is 0 Å². The largest absolute Gasteiger partial charge is 0.307 e. The zero-order valence-corrected chi connectivity index (χ0v) is 12.1. The number of imidazole rings is 1. The molecule has 1 saturated heterocycles. The van der Waals surface area contributed by atoms with Gasteiger partial charge in [-0.1, -0.05) is 0 Å². The third-order valence-electron chi connectivity index (χ3n) is 4.20. The fourth-order valence-corrected chi connectivity index (χ4v) is 3.23. The Balaban J connectivity index is 1.81. The Labute approximate surface area is 115 Å². The summed E-state index contributed by atoms with van der Waals surface area (Å²) in [6.45, 7) is 7.96. The number of aryl methyl sites for hydroxylation is 1. The minimum atomic E-state index is 0.645. The lowest BCUT2D eigenvalue weighted by molar-refractivity contribution is 0.202. The molecule has 0 amide bonds. The molecule has 1 unspecified atom stereocenters. The van der Waals surface area contributed by atoms with Crippen LogP contribution in [-0.2, 0) is 6.42 Å². The predicted octanol–water partition coefficient (Wildman–Crippen LogP) is 3.06. The van der Waals surface area contributed by atoms with Gasteiger partial charge in [0.25, 0.3) is 0 Å². The molecule has 1 atom stereocenters. The van der Waals surface area contributed by atoms with Crippen LogP contribution in [0.15, 0.2) is 24.5 Å². The van der Waals surface area contributed by atoms with Gasteiger partial charge in [0.1, 0.15) is 5.65 Å². The molecule has 0 N–H and O–H groups in total. The maximum Gasteiger partial charge on any atom is 0.137 e. The third kappa shape index (κ3) is 2.52. The van der Waals surface area contributed by atoms with E-state index in [4.69, 9.17) is 4.98 Å². The van der Waals surface area contributed by atoms with Crippen LogP contribution in [0.2, 0.25) is 0 Å². The molecule has 1 aliphatic rings. The topological polar surface area (TPSA) is 20.5 Å². The number of hydrogen-bond donors (Lipinski definition) is 0. The Morgan fingerprint density at radius 3 is 3.05 bits per heavy atom. The molecule has 19 heavy (non-hydrogen) atoms. The van der Waals surface area contributed by atoms with Crippen molar-refractivity contribution in [3.8, 4) is 0 Å². The Morgan fingerprint density at radius 2 is 2.26 bits per heavy atom. The van der Waals surface area contributed by atoms with Gasteiger partial charge in [-0.05, 0) is 57.9 Å². The summed E-state index contributed by atoms with van der Waals surface area (Å²) in [4.78, 5) is 7.39. The van der Waals surface area contributed by atoms with E-state index < -0.39 is 0 Å². The van der Waals surface area contributed by atoms with Crippen molar-refractivity contribution in [3.05, 3.63) is 35.8 Å². The van der Waals surface area contributed by atoms with Crippen molar-refractivity contribution in [1.29, 1.82) is 0 Å². The van der Waals surface area contributed by atoms with Gasteiger partial charge in [0.2, 0.25) is 0 Å². The van der Waals surface area contributed by atoms with Crippen molar-refractivity contribution in [3.63, 3.8) is 0 Å². The van der Waals surface area contributed by atoms with E-state index in [1.54, 1.807) is 0 Å². The molecule has 3 heterocycles. The first-order valence-corrected chi connectivity index (χ1v) is 7.33. The number of nitrogens with zero attached hydrogens (tertiary/aromatic N) is 3. The molecule has 102 valence electrons. The Bertz CT molecular complexity index is 570. The molecule has 3 nitrogen and oxygen atoms in total. The molecule has 0 bridgehead atoms. The second kappa shape index (κ2) is 4.97. The average molecular weight is 257 g/mol. The molecule has 3 rings (SSSR count). The van der Waals surface area contributed by atoms with Crippen LogP contribution in [0.4, 0.5) is 0 Å². The van der Waals surface area contributed by atoms with E-state index >= 15 is 0 Å². The number of fused-ring (bicyclic) bond motifs is 1. The molecule has 0 aromatic carbocycles. The highest BCUT2D eigenvalue weighted by molar-refractivity contribution is 5.42. The fourth-order valence-electron chi connectivity index (χ4n) is 3.23. The van der Waals surface area contributed by atoms with Gasteiger partial charge < -0.3 is 4.40 Å². The number of hydrogen-bond acceptors (Lipinski definition) is 2. The van der Waals surface area contributed by atoms with E-state index in [9.17, 15) is 0 Å². The zero-order chi connectivity index (χ0) is 13.4. The van der Waals surface area contributed by atoms with Gasteiger partial charge in [-0.3, -0.25) is 4.90 Å². The highest BCUT2D eigenvalue weighted by Gasteiger charge is 2.27. The third-order valence-corrected chi connectivity index (χ3v) is 4.20. The van der Waals surface area contributed by atoms with Crippen molar-refractivity contribution in [2.45, 2.75) is 52.1 Å². The SMILES string of the molecule is Cc1ccn2cc(CC3CCCN3C(C)C)nc2c1. The highest BCUT2D eigenvalue weighted by atomic mass is 15.2. The Kier molecular flexibility index (Phi) is 3.31. The van der Waals surface area contributed by atoms with Gasteiger partial charge in [0.05, 0.1) is 5.69 Å². The minimum absolute atomic E-state index is 0.645. The minimum Gasteiger partial charge on any atom is -0.307 e. The summed E-state index contributed by atoms with van der Waals surface area (Å²) in [7, 11) is 0. The second-order valence-electron chi connectivity index (χ2n) is 6.03. The molecule has 2 aromatic rings. The van der Waals surface area contributed by atoms with Crippen LogP contribution in [0, 0.1) is 6.92 Å². The van der Waals surface area contributed by atoms with Crippen LogP contribution in [0.5, 0.6) is 0 Å². The summed E-state index contributed by atoms with van der Waals surface area (Å²) in [5, 5.41) is 0. The number of likely N-dealkylation sites (tertiary alicyclic amines) is 1. The van der Waals surface area contributed by atoms with Crippen LogP contribution in [-0.4, -0.2) is 32.9 Å². The molecular weight excluding hydrogens is 234 g/mol. The first-order chi connectivity index (χ1) is 9.13. The van der Waals surface area contributed by atoms with E-state index in [1.165, 1.54) is 30.6 Å². The lowest BCUT2D eigenvalue weighted by Crippen LogP contribution is -2.36. The standard InChI is InChI=1S/C16H23N3/c1-12(2)19-7-4-5-15(19)10-14-11-18-8-6-13(3)9-16(18)17-14/h6,8-9,11-12,15H,4-5,7,10H2,1-3H3. The van der Waals surface area contributed by atoms with E-state index in [2.05, 4.69) is 54.6 Å². The van der Waals surface area contributed by atoms with Crippen molar-refractivity contribution in [1.82, 2.24) is 14.3 Å². The fraction of sp³-hybridized carbons (Fsp3) is 0.562. The molecule has 0 spiro atoms. The van der Waals surface area contributed by atoms with Gasteiger partial charge in [-0.25, -0.2) is 4.98 Å². The van der Waals surface area contributed by atoms with E-state index in [-0.39, 0.29) is 0 Å². The molecule has 3 heteroatoms. The summed E-state index contributed by atoms with van der Waals surface area (Å²) >= 11 is 0. The van der Waals surface area contributed by atoms with Crippen LogP contribution >= 0.6 is 0 Å². The van der Waals surface area contributed by atoms with E-state index in [1.807, 2.05) is 0 Å². The summed E-state index contributed by atoms with van der Waals surface area (Å²) < 4.78 is 2.14. The maximum absolute atomic E-state index is 4.77. The Morgan fingerprint density at radius 1 is 1.42 bits per heavy atom. The summed E-state index contributed by atoms with van der Waals surface area (Å²) in [6, 6.07) is 5.60. The van der Waals surface area contributed by atoms with Gasteiger partial charge in [0, 0.05) is 30.9 Å². The van der Waals surface area contributed by atoms with Crippen molar-refractivity contribution in [2.75, 3.05) is 6.54 Å². The molecule has 0 aliphatic carbocycles. The van der Waals surface area contributed by atoms with Crippen LogP contribution in [0.25, 0.3) is 5.65 Å². The average Bonchev–Trinajstić information content (AvgIpc) is 2.95. The summed E-state index contributed by atoms with van der Waals surface area (Å²) in [6.07, 6.45) is 8.01. The van der Waals surface area contributed by atoms with Gasteiger partial charge in [-0.2, -0.15) is 0 Å². The zero-order valence-electron chi connectivity index (χ0n) is 12.1. The monoisotopic (exact) mass is 257 g/mol. The molecule has 1 aliphatic heterocycles. The number of aromatic nitrogens is 2. The summed E-state index contributed by atoms with van der Waals surface area (Å²) in [5.74, 6) is 0.